The Morgan fingerprint density at radius 2 is 2.20 bits per heavy atom. The highest BCUT2D eigenvalue weighted by Gasteiger charge is 2.24. The second-order valence-electron chi connectivity index (χ2n) is 5.18. The molecule has 0 spiro atoms. The van der Waals surface area contributed by atoms with Crippen LogP contribution in [0.15, 0.2) is 23.1 Å². The van der Waals surface area contributed by atoms with E-state index >= 15 is 0 Å². The quantitative estimate of drug-likeness (QED) is 0.800. The predicted molar refractivity (Wildman–Crippen MR) is 79.0 cm³/mol. The van der Waals surface area contributed by atoms with Gasteiger partial charge in [-0.1, -0.05) is 0 Å². The lowest BCUT2D eigenvalue weighted by Gasteiger charge is -2.35. The van der Waals surface area contributed by atoms with Crippen LogP contribution in [0.3, 0.4) is 0 Å². The molecule has 0 radical (unpaired) electrons. The lowest BCUT2D eigenvalue weighted by molar-refractivity contribution is 0.143. The Labute approximate surface area is 119 Å². The Morgan fingerprint density at radius 1 is 1.45 bits per heavy atom. The Balaban J connectivity index is 2.32. The lowest BCUT2D eigenvalue weighted by Crippen LogP contribution is -2.38. The van der Waals surface area contributed by atoms with Crippen molar-refractivity contribution >= 4 is 21.4 Å². The number of methoxy groups -OCH3 is 1. The van der Waals surface area contributed by atoms with Crippen LogP contribution in [0.1, 0.15) is 12.8 Å². The van der Waals surface area contributed by atoms with Crippen LogP contribution in [0, 0.1) is 5.92 Å². The first-order valence-electron chi connectivity index (χ1n) is 6.58. The fourth-order valence-electron chi connectivity index (χ4n) is 2.68. The van der Waals surface area contributed by atoms with E-state index in [-0.39, 0.29) is 4.90 Å². The van der Waals surface area contributed by atoms with Crippen LogP contribution in [0.25, 0.3) is 0 Å². The molecule has 1 aromatic rings. The molecule has 20 heavy (non-hydrogen) atoms. The highest BCUT2D eigenvalue weighted by Crippen LogP contribution is 2.30. The number of ether oxygens (including phenoxy) is 1. The lowest BCUT2D eigenvalue weighted by atomic mass is 9.98. The number of nitrogen functional groups attached to an aromatic ring is 1. The minimum Gasteiger partial charge on any atom is -0.399 e. The van der Waals surface area contributed by atoms with E-state index in [4.69, 9.17) is 15.6 Å². The van der Waals surface area contributed by atoms with Crippen LogP contribution in [0.4, 0.5) is 11.4 Å². The second-order valence-corrected chi connectivity index (χ2v) is 6.71. The number of hydrogen-bond acceptors (Lipinski definition) is 5. The molecule has 0 bridgehead atoms. The van der Waals surface area contributed by atoms with Crippen LogP contribution < -0.4 is 15.8 Å². The zero-order valence-corrected chi connectivity index (χ0v) is 12.4. The number of nitrogens with two attached hydrogens (primary N) is 2. The smallest absolute Gasteiger partial charge is 0.240 e. The van der Waals surface area contributed by atoms with Crippen LogP contribution >= 0.6 is 0 Å². The summed E-state index contributed by atoms with van der Waals surface area (Å²) in [6.45, 7) is 2.25. The maximum atomic E-state index is 11.7. The standard InChI is InChI=1S/C13H21N3O3S/c1-19-9-10-3-2-6-16(8-10)12-5-4-11(14)7-13(12)20(15,17)18/h4-5,7,10H,2-3,6,8-9,14H2,1H3,(H2,15,17,18). The number of benzene rings is 1. The number of hydrogen-bond donors (Lipinski definition) is 2. The fraction of sp³-hybridized carbons (Fsp3) is 0.538. The zero-order chi connectivity index (χ0) is 14.8. The first kappa shape index (κ1) is 15.1. The third-order valence-corrected chi connectivity index (χ3v) is 4.49. The van der Waals surface area contributed by atoms with Crippen molar-refractivity contribution in [3.63, 3.8) is 0 Å². The summed E-state index contributed by atoms with van der Waals surface area (Å²) in [5, 5.41) is 5.29. The van der Waals surface area contributed by atoms with E-state index in [1.54, 1.807) is 19.2 Å². The Morgan fingerprint density at radius 3 is 2.85 bits per heavy atom. The fourth-order valence-corrected chi connectivity index (χ4v) is 3.46. The molecule has 1 fully saturated rings. The highest BCUT2D eigenvalue weighted by atomic mass is 32.2. The van der Waals surface area contributed by atoms with Gasteiger partial charge < -0.3 is 15.4 Å². The number of piperidine rings is 1. The Hall–Kier alpha value is -1.31. The van der Waals surface area contributed by atoms with E-state index in [1.807, 2.05) is 4.90 Å². The van der Waals surface area contributed by atoms with E-state index in [0.717, 1.165) is 25.9 Å². The van der Waals surface area contributed by atoms with Crippen molar-refractivity contribution in [2.75, 3.05) is 37.4 Å². The van der Waals surface area contributed by atoms with Crippen LogP contribution in [0.2, 0.25) is 0 Å². The van der Waals surface area contributed by atoms with Gasteiger partial charge in [-0.05, 0) is 37.0 Å². The van der Waals surface area contributed by atoms with Crippen molar-refractivity contribution < 1.29 is 13.2 Å². The second kappa shape index (κ2) is 5.99. The molecule has 1 aromatic carbocycles. The van der Waals surface area contributed by atoms with Gasteiger partial charge in [0.05, 0.1) is 12.3 Å². The molecule has 112 valence electrons. The average Bonchev–Trinajstić information content (AvgIpc) is 2.38. The third-order valence-electron chi connectivity index (χ3n) is 3.55. The van der Waals surface area contributed by atoms with Crippen molar-refractivity contribution in [3.8, 4) is 0 Å². The maximum Gasteiger partial charge on any atom is 0.240 e. The van der Waals surface area contributed by atoms with Crippen molar-refractivity contribution in [2.24, 2.45) is 11.1 Å². The molecule has 0 aliphatic carbocycles. The summed E-state index contributed by atoms with van der Waals surface area (Å²) in [4.78, 5) is 2.14. The van der Waals surface area contributed by atoms with Gasteiger partial charge in [0.25, 0.3) is 0 Å². The van der Waals surface area contributed by atoms with E-state index < -0.39 is 10.0 Å². The number of nitrogens with zero attached hydrogens (tertiary/aromatic N) is 1. The van der Waals surface area contributed by atoms with Crippen molar-refractivity contribution in [3.05, 3.63) is 18.2 Å². The molecule has 0 amide bonds. The minimum absolute atomic E-state index is 0.0931. The van der Waals surface area contributed by atoms with Gasteiger partial charge >= 0.3 is 0 Å². The van der Waals surface area contributed by atoms with Crippen LogP contribution in [0.5, 0.6) is 0 Å². The average molecular weight is 299 g/mol. The van der Waals surface area contributed by atoms with Gasteiger partial charge in [-0.25, -0.2) is 13.6 Å². The summed E-state index contributed by atoms with van der Waals surface area (Å²) in [6, 6.07) is 4.85. The SMILES string of the molecule is COCC1CCCN(c2ccc(N)cc2S(N)(=O)=O)C1. The summed E-state index contributed by atoms with van der Waals surface area (Å²) in [6.07, 6.45) is 2.09. The van der Waals surface area contributed by atoms with Gasteiger partial charge in [-0.2, -0.15) is 0 Å². The number of anilines is 2. The Bertz CT molecular complexity index is 572. The van der Waals surface area contributed by atoms with Gasteiger partial charge in [0, 0.05) is 25.9 Å². The zero-order valence-electron chi connectivity index (χ0n) is 11.6. The molecule has 0 aromatic heterocycles. The van der Waals surface area contributed by atoms with Crippen LogP contribution in [-0.2, 0) is 14.8 Å². The van der Waals surface area contributed by atoms with Crippen LogP contribution in [-0.4, -0.2) is 35.2 Å². The van der Waals surface area contributed by atoms with Crippen molar-refractivity contribution in [2.45, 2.75) is 17.7 Å². The van der Waals surface area contributed by atoms with Crippen molar-refractivity contribution in [1.82, 2.24) is 0 Å². The van der Waals surface area contributed by atoms with E-state index in [0.29, 0.717) is 23.9 Å². The normalized spacial score (nSPS) is 20.1. The number of sulfonamides is 1. The molecule has 1 heterocycles. The summed E-state index contributed by atoms with van der Waals surface area (Å²) in [5.41, 5.74) is 6.69. The van der Waals surface area contributed by atoms with E-state index in [1.165, 1.54) is 6.07 Å². The molecule has 2 rings (SSSR count). The summed E-state index contributed by atoms with van der Waals surface area (Å²) in [7, 11) is -2.11. The molecule has 0 saturated carbocycles. The first-order chi connectivity index (χ1) is 9.41. The van der Waals surface area contributed by atoms with E-state index in [2.05, 4.69) is 0 Å². The monoisotopic (exact) mass is 299 g/mol. The van der Waals surface area contributed by atoms with Gasteiger partial charge in [0.2, 0.25) is 10.0 Å². The molecular formula is C13H21N3O3S. The summed E-state index contributed by atoms with van der Waals surface area (Å²) < 4.78 is 28.6. The minimum atomic E-state index is -3.79. The van der Waals surface area contributed by atoms with Gasteiger partial charge in [0.15, 0.2) is 0 Å². The molecule has 7 heteroatoms. The molecule has 1 aliphatic rings. The largest absolute Gasteiger partial charge is 0.399 e. The van der Waals surface area contributed by atoms with E-state index in [9.17, 15) is 8.42 Å². The molecule has 1 aliphatic heterocycles. The van der Waals surface area contributed by atoms with Gasteiger partial charge in [-0.3, -0.25) is 0 Å². The number of primary sulfonamides is 1. The van der Waals surface area contributed by atoms with Crippen molar-refractivity contribution in [1.29, 1.82) is 0 Å². The molecule has 6 nitrogen and oxygen atoms in total. The third kappa shape index (κ3) is 3.41. The van der Waals surface area contributed by atoms with Gasteiger partial charge in [0.1, 0.15) is 4.90 Å². The maximum absolute atomic E-state index is 11.7. The highest BCUT2D eigenvalue weighted by molar-refractivity contribution is 7.89. The predicted octanol–water partition coefficient (Wildman–Crippen LogP) is 0.779. The molecule has 4 N–H and O–H groups in total. The molecule has 1 unspecified atom stereocenters. The molecule has 1 saturated heterocycles. The Kier molecular flexibility index (Phi) is 4.52. The molecular weight excluding hydrogens is 278 g/mol. The summed E-state index contributed by atoms with van der Waals surface area (Å²) >= 11 is 0. The first-order valence-corrected chi connectivity index (χ1v) is 8.12. The molecule has 1 atom stereocenters. The number of rotatable bonds is 4. The topological polar surface area (TPSA) is 98.7 Å². The van der Waals surface area contributed by atoms with Gasteiger partial charge in [-0.15, -0.1) is 0 Å². The summed E-state index contributed by atoms with van der Waals surface area (Å²) in [5.74, 6) is 0.402.